The van der Waals surface area contributed by atoms with Gasteiger partial charge in [-0.25, -0.2) is 8.42 Å². The van der Waals surface area contributed by atoms with Gasteiger partial charge in [0.25, 0.3) is 0 Å². The number of hydrogen-bond acceptors (Lipinski definition) is 3. The van der Waals surface area contributed by atoms with Crippen molar-refractivity contribution in [2.45, 2.75) is 25.7 Å². The molecule has 86 valence electrons. The molecule has 5 heteroatoms. The fourth-order valence-electron chi connectivity index (χ4n) is 0.938. The lowest BCUT2D eigenvalue weighted by molar-refractivity contribution is 0.602. The van der Waals surface area contributed by atoms with Gasteiger partial charge in [0.05, 0.1) is 15.6 Å². The fraction of sp³-hybridized carbons (Fsp3) is 0.400. The van der Waals surface area contributed by atoms with Crippen molar-refractivity contribution in [2.24, 2.45) is 0 Å². The van der Waals surface area contributed by atoms with Gasteiger partial charge >= 0.3 is 0 Å². The maximum Gasteiger partial charge on any atom is 0.175 e. The summed E-state index contributed by atoms with van der Waals surface area (Å²) >= 11 is 5.74. The summed E-state index contributed by atoms with van der Waals surface area (Å²) in [6.45, 7) is 5.72. The predicted molar refractivity (Wildman–Crippen MR) is 65.1 cm³/mol. The first-order valence-electron chi connectivity index (χ1n) is 4.58. The van der Waals surface area contributed by atoms with Crippen LogP contribution >= 0.6 is 11.6 Å². The summed E-state index contributed by atoms with van der Waals surface area (Å²) in [7, 11) is -3.20. The molecule has 0 fully saturated rings. The van der Waals surface area contributed by atoms with E-state index >= 15 is 0 Å². The van der Waals surface area contributed by atoms with Crippen LogP contribution in [0.4, 0.5) is 5.69 Å². The van der Waals surface area contributed by atoms with Crippen LogP contribution in [0.15, 0.2) is 17.0 Å². The molecule has 0 heterocycles. The van der Waals surface area contributed by atoms with Crippen LogP contribution in [0.1, 0.15) is 19.4 Å². The normalized spacial score (nSPS) is 10.5. The molecule has 0 atom stereocenters. The Labute approximate surface area is 96.2 Å². The maximum atomic E-state index is 11.1. The van der Waals surface area contributed by atoms with Crippen molar-refractivity contribution < 1.29 is 8.42 Å². The number of sulfone groups is 1. The van der Waals surface area contributed by atoms with Crippen LogP contribution in [0.2, 0.25) is 5.02 Å². The van der Waals surface area contributed by atoms with Crippen LogP contribution in [0.25, 0.3) is 0 Å². The molecular formula is C10H16ClNO2S. The van der Waals surface area contributed by atoms with Gasteiger partial charge in [-0.1, -0.05) is 25.4 Å². The second-order valence-corrected chi connectivity index (χ2v) is 5.33. The first kappa shape index (κ1) is 14.3. The molecule has 1 rings (SSSR count). The van der Waals surface area contributed by atoms with E-state index < -0.39 is 9.84 Å². The number of nitrogens with two attached hydrogens (primary N) is 1. The monoisotopic (exact) mass is 249 g/mol. The highest BCUT2D eigenvalue weighted by atomic mass is 35.5. The Balaban J connectivity index is 0.000000921. The Hall–Kier alpha value is -0.740. The van der Waals surface area contributed by atoms with E-state index in [9.17, 15) is 8.42 Å². The highest BCUT2D eigenvalue weighted by Gasteiger charge is 2.10. The van der Waals surface area contributed by atoms with Crippen LogP contribution in [0, 0.1) is 6.92 Å². The van der Waals surface area contributed by atoms with E-state index in [0.717, 1.165) is 6.26 Å². The van der Waals surface area contributed by atoms with E-state index in [1.54, 1.807) is 6.92 Å². The standard InChI is InChI=1S/C8H10ClNO2S.C2H6/c1-5-3-6(13(2,11)12)4-7(9)8(5)10;1-2/h3-4H,10H2,1-2H3;1-2H3. The lowest BCUT2D eigenvalue weighted by atomic mass is 10.2. The molecule has 0 radical (unpaired) electrons. The second-order valence-electron chi connectivity index (χ2n) is 2.91. The van der Waals surface area contributed by atoms with Crippen LogP contribution < -0.4 is 5.73 Å². The van der Waals surface area contributed by atoms with Gasteiger partial charge in [-0.05, 0) is 24.6 Å². The summed E-state index contributed by atoms with van der Waals surface area (Å²) in [6.07, 6.45) is 1.13. The molecule has 15 heavy (non-hydrogen) atoms. The van der Waals surface area contributed by atoms with Gasteiger partial charge in [0.15, 0.2) is 9.84 Å². The largest absolute Gasteiger partial charge is 0.397 e. The third-order valence-corrected chi connectivity index (χ3v) is 3.14. The number of anilines is 1. The smallest absolute Gasteiger partial charge is 0.175 e. The Morgan fingerprint density at radius 3 is 2.07 bits per heavy atom. The zero-order valence-electron chi connectivity index (χ0n) is 9.33. The minimum Gasteiger partial charge on any atom is -0.397 e. The second kappa shape index (κ2) is 5.37. The van der Waals surface area contributed by atoms with Gasteiger partial charge in [-0.2, -0.15) is 0 Å². The molecule has 0 unspecified atom stereocenters. The zero-order valence-corrected chi connectivity index (χ0v) is 10.9. The third kappa shape index (κ3) is 3.72. The van der Waals surface area contributed by atoms with Crippen LogP contribution in [0.3, 0.4) is 0 Å². The van der Waals surface area contributed by atoms with E-state index in [2.05, 4.69) is 0 Å². The van der Waals surface area contributed by atoms with E-state index in [-0.39, 0.29) is 9.92 Å². The predicted octanol–water partition coefficient (Wildman–Crippen LogP) is 2.66. The summed E-state index contributed by atoms with van der Waals surface area (Å²) in [5.41, 5.74) is 6.67. The number of benzene rings is 1. The van der Waals surface area contributed by atoms with Crippen LogP contribution in [-0.4, -0.2) is 14.7 Å². The van der Waals surface area contributed by atoms with Crippen molar-refractivity contribution in [3.05, 3.63) is 22.7 Å². The van der Waals surface area contributed by atoms with Crippen LogP contribution in [-0.2, 0) is 9.84 Å². The molecule has 0 aromatic heterocycles. The van der Waals surface area contributed by atoms with E-state index in [1.165, 1.54) is 12.1 Å². The Morgan fingerprint density at radius 1 is 1.27 bits per heavy atom. The number of rotatable bonds is 1. The lowest BCUT2D eigenvalue weighted by Gasteiger charge is -2.05. The van der Waals surface area contributed by atoms with Gasteiger partial charge in [-0.15, -0.1) is 0 Å². The fourth-order valence-corrected chi connectivity index (χ4v) is 1.99. The molecule has 0 aliphatic heterocycles. The average molecular weight is 250 g/mol. The summed E-state index contributed by atoms with van der Waals surface area (Å²) < 4.78 is 22.3. The minimum absolute atomic E-state index is 0.198. The average Bonchev–Trinajstić information content (AvgIpc) is 2.15. The highest BCUT2D eigenvalue weighted by molar-refractivity contribution is 7.90. The molecule has 3 nitrogen and oxygen atoms in total. The summed E-state index contributed by atoms with van der Waals surface area (Å²) in [6, 6.07) is 2.87. The van der Waals surface area contributed by atoms with Crippen molar-refractivity contribution in [3.8, 4) is 0 Å². The van der Waals surface area contributed by atoms with E-state index in [4.69, 9.17) is 17.3 Å². The summed E-state index contributed by atoms with van der Waals surface area (Å²) in [4.78, 5) is 0.198. The van der Waals surface area contributed by atoms with Crippen molar-refractivity contribution in [3.63, 3.8) is 0 Å². The van der Waals surface area contributed by atoms with Gasteiger partial charge in [0, 0.05) is 6.26 Å². The van der Waals surface area contributed by atoms with E-state index in [1.807, 2.05) is 13.8 Å². The number of nitrogen functional groups attached to an aromatic ring is 1. The Morgan fingerprint density at radius 2 is 1.73 bits per heavy atom. The Bertz CT molecular complexity index is 418. The number of halogens is 1. The molecule has 0 aliphatic carbocycles. The van der Waals surface area contributed by atoms with Crippen molar-refractivity contribution in [2.75, 3.05) is 12.0 Å². The Kier molecular flexibility index (Phi) is 5.11. The minimum atomic E-state index is -3.20. The molecule has 0 bridgehead atoms. The molecular weight excluding hydrogens is 234 g/mol. The molecule has 2 N–H and O–H groups in total. The van der Waals surface area contributed by atoms with Crippen molar-refractivity contribution in [1.82, 2.24) is 0 Å². The quantitative estimate of drug-likeness (QED) is 0.779. The lowest BCUT2D eigenvalue weighted by Crippen LogP contribution is -2.00. The number of aryl methyl sites for hydroxylation is 1. The van der Waals surface area contributed by atoms with E-state index in [0.29, 0.717) is 11.3 Å². The van der Waals surface area contributed by atoms with Gasteiger partial charge in [0.2, 0.25) is 0 Å². The van der Waals surface area contributed by atoms with Crippen molar-refractivity contribution in [1.29, 1.82) is 0 Å². The van der Waals surface area contributed by atoms with Gasteiger partial charge in [0.1, 0.15) is 0 Å². The summed E-state index contributed by atoms with van der Waals surface area (Å²) in [5, 5.41) is 0.278. The third-order valence-electron chi connectivity index (χ3n) is 1.74. The zero-order chi connectivity index (χ0) is 12.2. The van der Waals surface area contributed by atoms with Crippen molar-refractivity contribution >= 4 is 27.1 Å². The molecule has 0 aliphatic rings. The first-order valence-corrected chi connectivity index (χ1v) is 6.85. The summed E-state index contributed by atoms with van der Waals surface area (Å²) in [5.74, 6) is 0. The van der Waals surface area contributed by atoms with Crippen LogP contribution in [0.5, 0.6) is 0 Å². The highest BCUT2D eigenvalue weighted by Crippen LogP contribution is 2.26. The maximum absolute atomic E-state index is 11.1. The van der Waals surface area contributed by atoms with Gasteiger partial charge < -0.3 is 5.73 Å². The molecule has 0 saturated heterocycles. The topological polar surface area (TPSA) is 60.2 Å². The molecule has 0 spiro atoms. The molecule has 1 aromatic carbocycles. The SMILES string of the molecule is CC.Cc1cc(S(C)(=O)=O)cc(Cl)c1N. The number of hydrogen-bond donors (Lipinski definition) is 1. The molecule has 0 saturated carbocycles. The molecule has 1 aromatic rings. The van der Waals surface area contributed by atoms with Gasteiger partial charge in [-0.3, -0.25) is 0 Å². The first-order chi connectivity index (χ1) is 6.82. The molecule has 0 amide bonds.